The Morgan fingerprint density at radius 2 is 2.33 bits per heavy atom. The molecule has 18 heavy (non-hydrogen) atoms. The van der Waals surface area contributed by atoms with Gasteiger partial charge in [-0.15, -0.1) is 0 Å². The maximum absolute atomic E-state index is 5.88. The van der Waals surface area contributed by atoms with Crippen LogP contribution in [0.5, 0.6) is 0 Å². The SMILES string of the molecule is CCOC1CC(Nc2cnccc2C)C12CCC2. The monoisotopic (exact) mass is 246 g/mol. The zero-order valence-corrected chi connectivity index (χ0v) is 11.3. The van der Waals surface area contributed by atoms with Gasteiger partial charge in [0.05, 0.1) is 18.0 Å². The van der Waals surface area contributed by atoms with Crippen LogP contribution in [0.25, 0.3) is 0 Å². The number of hydrogen-bond acceptors (Lipinski definition) is 3. The van der Waals surface area contributed by atoms with Crippen molar-refractivity contribution < 1.29 is 4.74 Å². The number of hydrogen-bond donors (Lipinski definition) is 1. The Hall–Kier alpha value is -1.09. The summed E-state index contributed by atoms with van der Waals surface area (Å²) < 4.78 is 5.88. The van der Waals surface area contributed by atoms with Gasteiger partial charge in [0.25, 0.3) is 0 Å². The van der Waals surface area contributed by atoms with Gasteiger partial charge in [0, 0.05) is 24.3 Å². The number of ether oxygens (including phenoxy) is 1. The van der Waals surface area contributed by atoms with Crippen LogP contribution < -0.4 is 5.32 Å². The molecule has 2 saturated carbocycles. The highest BCUT2D eigenvalue weighted by Crippen LogP contribution is 2.58. The van der Waals surface area contributed by atoms with Crippen molar-refractivity contribution in [2.45, 2.75) is 51.7 Å². The second-order valence-electron chi connectivity index (χ2n) is 5.65. The molecule has 0 radical (unpaired) electrons. The summed E-state index contributed by atoms with van der Waals surface area (Å²) >= 11 is 0. The summed E-state index contributed by atoms with van der Waals surface area (Å²) in [6.07, 6.45) is 9.39. The zero-order valence-electron chi connectivity index (χ0n) is 11.3. The van der Waals surface area contributed by atoms with Gasteiger partial charge in [-0.1, -0.05) is 6.42 Å². The van der Waals surface area contributed by atoms with E-state index in [0.717, 1.165) is 13.0 Å². The number of nitrogens with zero attached hydrogens (tertiary/aromatic N) is 1. The zero-order chi connectivity index (χ0) is 12.6. The number of rotatable bonds is 4. The number of aromatic nitrogens is 1. The number of anilines is 1. The highest BCUT2D eigenvalue weighted by Gasteiger charge is 2.58. The van der Waals surface area contributed by atoms with Crippen LogP contribution in [0.2, 0.25) is 0 Å². The summed E-state index contributed by atoms with van der Waals surface area (Å²) in [5.74, 6) is 0. The lowest BCUT2D eigenvalue weighted by Crippen LogP contribution is -2.64. The van der Waals surface area contributed by atoms with Gasteiger partial charge < -0.3 is 10.1 Å². The van der Waals surface area contributed by atoms with E-state index >= 15 is 0 Å². The average molecular weight is 246 g/mol. The summed E-state index contributed by atoms with van der Waals surface area (Å²) in [4.78, 5) is 4.21. The molecule has 2 unspecified atom stereocenters. The van der Waals surface area contributed by atoms with Crippen LogP contribution >= 0.6 is 0 Å². The van der Waals surface area contributed by atoms with E-state index in [1.54, 1.807) is 0 Å². The van der Waals surface area contributed by atoms with E-state index in [-0.39, 0.29) is 0 Å². The predicted molar refractivity (Wildman–Crippen MR) is 72.7 cm³/mol. The van der Waals surface area contributed by atoms with E-state index in [4.69, 9.17) is 4.74 Å². The lowest BCUT2D eigenvalue weighted by atomic mass is 9.51. The molecule has 3 heteroatoms. The molecule has 0 amide bonds. The first-order valence-corrected chi connectivity index (χ1v) is 7.05. The molecule has 0 bridgehead atoms. The third kappa shape index (κ3) is 1.72. The quantitative estimate of drug-likeness (QED) is 0.886. The first-order valence-electron chi connectivity index (χ1n) is 7.05. The van der Waals surface area contributed by atoms with Gasteiger partial charge in [0.1, 0.15) is 0 Å². The maximum atomic E-state index is 5.88. The smallest absolute Gasteiger partial charge is 0.0670 e. The summed E-state index contributed by atoms with van der Waals surface area (Å²) in [7, 11) is 0. The molecule has 0 aliphatic heterocycles. The van der Waals surface area contributed by atoms with Crippen LogP contribution in [0, 0.1) is 12.3 Å². The average Bonchev–Trinajstić information content (AvgIpc) is 2.28. The molecule has 3 nitrogen and oxygen atoms in total. The fourth-order valence-electron chi connectivity index (χ4n) is 3.44. The Balaban J connectivity index is 1.70. The number of aryl methyl sites for hydroxylation is 1. The molecule has 0 aromatic carbocycles. The minimum atomic E-state index is 0.415. The molecule has 2 fully saturated rings. The van der Waals surface area contributed by atoms with E-state index < -0.39 is 0 Å². The molecule has 1 aromatic rings. The topological polar surface area (TPSA) is 34.1 Å². The van der Waals surface area contributed by atoms with Gasteiger partial charge in [0.15, 0.2) is 0 Å². The maximum Gasteiger partial charge on any atom is 0.0670 e. The first kappa shape index (κ1) is 12.0. The molecule has 2 aliphatic carbocycles. The second kappa shape index (κ2) is 4.54. The molecule has 3 rings (SSSR count). The fraction of sp³-hybridized carbons (Fsp3) is 0.667. The van der Waals surface area contributed by atoms with Crippen molar-refractivity contribution in [1.29, 1.82) is 0 Å². The molecule has 2 aliphatic rings. The van der Waals surface area contributed by atoms with Gasteiger partial charge in [-0.25, -0.2) is 0 Å². The van der Waals surface area contributed by atoms with Crippen molar-refractivity contribution >= 4 is 5.69 Å². The van der Waals surface area contributed by atoms with Gasteiger partial charge in [0.2, 0.25) is 0 Å². The molecular weight excluding hydrogens is 224 g/mol. The van der Waals surface area contributed by atoms with E-state index in [0.29, 0.717) is 17.6 Å². The summed E-state index contributed by atoms with van der Waals surface area (Å²) in [5.41, 5.74) is 2.88. The predicted octanol–water partition coefficient (Wildman–Crippen LogP) is 3.15. The standard InChI is InChI=1S/C15H22N2O/c1-3-18-14-9-13(15(14)6-4-7-15)17-12-10-16-8-5-11(12)2/h5,8,10,13-14,17H,3-4,6-7,9H2,1-2H3. The minimum absolute atomic E-state index is 0.415. The second-order valence-corrected chi connectivity index (χ2v) is 5.65. The third-order valence-electron chi connectivity index (χ3n) is 4.81. The van der Waals surface area contributed by atoms with Crippen molar-refractivity contribution in [3.8, 4) is 0 Å². The van der Waals surface area contributed by atoms with Crippen molar-refractivity contribution in [2.24, 2.45) is 5.41 Å². The van der Waals surface area contributed by atoms with Crippen LogP contribution in [0.15, 0.2) is 18.5 Å². The van der Waals surface area contributed by atoms with Gasteiger partial charge in [-0.05, 0) is 44.7 Å². The molecular formula is C15H22N2O. The summed E-state index contributed by atoms with van der Waals surface area (Å²) in [6, 6.07) is 2.64. The Morgan fingerprint density at radius 3 is 2.94 bits per heavy atom. The van der Waals surface area contributed by atoms with E-state index in [9.17, 15) is 0 Å². The number of pyridine rings is 1. The molecule has 2 atom stereocenters. The summed E-state index contributed by atoms with van der Waals surface area (Å²) in [6.45, 7) is 5.07. The molecule has 1 N–H and O–H groups in total. The Kier molecular flexibility index (Phi) is 3.02. The molecule has 0 saturated heterocycles. The lowest BCUT2D eigenvalue weighted by Gasteiger charge is -2.61. The van der Waals surface area contributed by atoms with E-state index in [1.165, 1.54) is 30.5 Å². The Morgan fingerprint density at radius 1 is 1.50 bits per heavy atom. The largest absolute Gasteiger partial charge is 0.380 e. The van der Waals surface area contributed by atoms with Crippen molar-refractivity contribution in [3.05, 3.63) is 24.0 Å². The molecule has 1 heterocycles. The summed E-state index contributed by atoms with van der Waals surface area (Å²) in [5, 5.41) is 3.69. The van der Waals surface area contributed by atoms with Crippen LogP contribution in [0.3, 0.4) is 0 Å². The van der Waals surface area contributed by atoms with Crippen LogP contribution in [-0.4, -0.2) is 23.7 Å². The normalized spacial score (nSPS) is 28.6. The highest BCUT2D eigenvalue weighted by molar-refractivity contribution is 5.50. The molecule has 1 spiro atoms. The Labute approximate surface area is 109 Å². The van der Waals surface area contributed by atoms with Crippen LogP contribution in [0.1, 0.15) is 38.2 Å². The first-order chi connectivity index (χ1) is 8.76. The van der Waals surface area contributed by atoms with E-state index in [1.807, 2.05) is 12.4 Å². The minimum Gasteiger partial charge on any atom is -0.380 e. The lowest BCUT2D eigenvalue weighted by molar-refractivity contribution is -0.157. The molecule has 98 valence electrons. The van der Waals surface area contributed by atoms with Gasteiger partial charge >= 0.3 is 0 Å². The van der Waals surface area contributed by atoms with Crippen molar-refractivity contribution in [3.63, 3.8) is 0 Å². The van der Waals surface area contributed by atoms with E-state index in [2.05, 4.69) is 30.2 Å². The fourth-order valence-corrected chi connectivity index (χ4v) is 3.44. The third-order valence-corrected chi connectivity index (χ3v) is 4.81. The van der Waals surface area contributed by atoms with Crippen LogP contribution in [0.4, 0.5) is 5.69 Å². The Bertz CT molecular complexity index is 428. The van der Waals surface area contributed by atoms with Crippen molar-refractivity contribution in [1.82, 2.24) is 4.98 Å². The molecule has 1 aromatic heterocycles. The van der Waals surface area contributed by atoms with Crippen molar-refractivity contribution in [2.75, 3.05) is 11.9 Å². The van der Waals surface area contributed by atoms with Gasteiger partial charge in [-0.3, -0.25) is 4.98 Å². The highest BCUT2D eigenvalue weighted by atomic mass is 16.5. The van der Waals surface area contributed by atoms with Gasteiger partial charge in [-0.2, -0.15) is 0 Å². The van der Waals surface area contributed by atoms with Crippen LogP contribution in [-0.2, 0) is 4.74 Å². The number of nitrogens with one attached hydrogen (secondary N) is 1.